The first-order valence-electron chi connectivity index (χ1n) is 9.30. The first-order valence-corrected chi connectivity index (χ1v) is 12.5. The fourth-order valence-corrected chi connectivity index (χ4v) is 7.23. The molecule has 0 aliphatic heterocycles. The van der Waals surface area contributed by atoms with E-state index in [-0.39, 0.29) is 33.7 Å². The number of anilines is 2. The lowest BCUT2D eigenvalue weighted by Crippen LogP contribution is -2.50. The first-order chi connectivity index (χ1) is 15.3. The molecule has 1 rings (SSSR count). The van der Waals surface area contributed by atoms with Crippen LogP contribution < -0.4 is 15.5 Å². The smallest absolute Gasteiger partial charge is 0.256 e. The minimum Gasteiger partial charge on any atom is -0.395 e. The van der Waals surface area contributed by atoms with Crippen molar-refractivity contribution in [2.75, 3.05) is 37.0 Å². The maximum atomic E-state index is 12.6. The molecular formula is C18H24I3N3O9. The second-order valence-corrected chi connectivity index (χ2v) is 9.92. The molecule has 0 aromatic heterocycles. The van der Waals surface area contributed by atoms with E-state index in [1.54, 1.807) is 0 Å². The molecule has 8 N–H and O–H groups in total. The second kappa shape index (κ2) is 13.6. The highest BCUT2D eigenvalue weighted by molar-refractivity contribution is 14.1. The van der Waals surface area contributed by atoms with Gasteiger partial charge in [0.05, 0.1) is 40.9 Å². The molecule has 0 spiro atoms. The van der Waals surface area contributed by atoms with Gasteiger partial charge in [0.15, 0.2) is 6.10 Å². The Morgan fingerprint density at radius 1 is 0.970 bits per heavy atom. The number of amides is 3. The molecule has 0 saturated heterocycles. The van der Waals surface area contributed by atoms with Crippen molar-refractivity contribution in [2.24, 2.45) is 0 Å². The number of benzene rings is 1. The molecule has 0 bridgehead atoms. The van der Waals surface area contributed by atoms with Crippen molar-refractivity contribution >= 4 is 96.9 Å². The van der Waals surface area contributed by atoms with Gasteiger partial charge in [-0.1, -0.05) is 0 Å². The van der Waals surface area contributed by atoms with Crippen LogP contribution in [-0.4, -0.2) is 99.6 Å². The Kier molecular flexibility index (Phi) is 12.6. The molecule has 0 radical (unpaired) electrons. The third-order valence-electron chi connectivity index (χ3n) is 4.49. The molecule has 1 aromatic carbocycles. The summed E-state index contributed by atoms with van der Waals surface area (Å²) in [5, 5.41) is 62.6. The highest BCUT2D eigenvalue weighted by Crippen LogP contribution is 2.41. The quantitative estimate of drug-likeness (QED) is 0.131. The summed E-state index contributed by atoms with van der Waals surface area (Å²) in [6.45, 7) is -0.102. The van der Waals surface area contributed by atoms with Gasteiger partial charge in [-0.15, -0.1) is 0 Å². The van der Waals surface area contributed by atoms with Crippen molar-refractivity contribution < 1.29 is 45.0 Å². The van der Waals surface area contributed by atoms with E-state index in [0.29, 0.717) is 7.14 Å². The Morgan fingerprint density at radius 3 is 2.00 bits per heavy atom. The Labute approximate surface area is 230 Å². The van der Waals surface area contributed by atoms with Crippen LogP contribution in [-0.2, 0) is 9.59 Å². The zero-order chi connectivity index (χ0) is 25.6. The summed E-state index contributed by atoms with van der Waals surface area (Å²) >= 11 is 5.53. The van der Waals surface area contributed by atoms with Gasteiger partial charge in [0.1, 0.15) is 18.3 Å². The number of rotatable bonds is 10. The van der Waals surface area contributed by atoms with E-state index in [1.165, 1.54) is 18.9 Å². The van der Waals surface area contributed by atoms with Gasteiger partial charge in [-0.25, -0.2) is 0 Å². The number of hydrogen-bond donors (Lipinski definition) is 8. The SMILES string of the molecule is CNC(=O)c1c(I)c(NC(=O)[C@H](O)[C@H](O)[C@@H](O)[C@@H](O)CO)c(I)c(N(CCO)C(C)=O)c1I. The minimum atomic E-state index is -2.21. The van der Waals surface area contributed by atoms with E-state index in [2.05, 4.69) is 10.6 Å². The molecule has 1 aromatic rings. The third kappa shape index (κ3) is 7.06. The molecule has 0 heterocycles. The first kappa shape index (κ1) is 30.6. The van der Waals surface area contributed by atoms with Gasteiger partial charge in [-0.2, -0.15) is 0 Å². The average molecular weight is 807 g/mol. The van der Waals surface area contributed by atoms with Gasteiger partial charge >= 0.3 is 0 Å². The zero-order valence-electron chi connectivity index (χ0n) is 17.4. The van der Waals surface area contributed by atoms with E-state index < -0.39 is 48.7 Å². The molecule has 0 aliphatic rings. The molecule has 33 heavy (non-hydrogen) atoms. The summed E-state index contributed by atoms with van der Waals surface area (Å²) in [5.41, 5.74) is 0.417. The Hall–Kier alpha value is -0.420. The van der Waals surface area contributed by atoms with E-state index in [4.69, 9.17) is 5.11 Å². The molecule has 0 aliphatic carbocycles. The molecule has 4 atom stereocenters. The maximum absolute atomic E-state index is 12.6. The summed E-state index contributed by atoms with van der Waals surface area (Å²) in [4.78, 5) is 38.7. The van der Waals surface area contributed by atoms with E-state index in [1.807, 2.05) is 67.8 Å². The van der Waals surface area contributed by atoms with Crippen LogP contribution in [0.15, 0.2) is 0 Å². The van der Waals surface area contributed by atoms with E-state index >= 15 is 0 Å². The molecule has 0 saturated carbocycles. The molecule has 12 nitrogen and oxygen atoms in total. The van der Waals surface area contributed by atoms with Crippen molar-refractivity contribution in [1.29, 1.82) is 0 Å². The monoisotopic (exact) mass is 807 g/mol. The number of aliphatic hydroxyl groups excluding tert-OH is 6. The van der Waals surface area contributed by atoms with Crippen LogP contribution in [0.3, 0.4) is 0 Å². The highest BCUT2D eigenvalue weighted by Gasteiger charge is 2.36. The van der Waals surface area contributed by atoms with Crippen LogP contribution >= 0.6 is 67.8 Å². The Morgan fingerprint density at radius 2 is 1.55 bits per heavy atom. The number of aliphatic hydroxyl groups is 6. The lowest BCUT2D eigenvalue weighted by Gasteiger charge is -2.28. The van der Waals surface area contributed by atoms with Crippen LogP contribution in [0.1, 0.15) is 17.3 Å². The topological polar surface area (TPSA) is 200 Å². The van der Waals surface area contributed by atoms with Crippen LogP contribution in [0, 0.1) is 10.7 Å². The van der Waals surface area contributed by atoms with Gasteiger partial charge in [0.25, 0.3) is 11.8 Å². The summed E-state index contributed by atoms with van der Waals surface area (Å²) in [5.74, 6) is -2.13. The predicted octanol–water partition coefficient (Wildman–Crippen LogP) is -1.42. The standard InChI is InChI=1S/C18H24I3N3O9/c1-6(27)24(3-4-25)13-10(20)8(17(32)22-2)9(19)12(11(13)21)23-18(33)16(31)15(30)14(29)7(28)5-26/h7,14-16,25-26,28-31H,3-5H2,1-2H3,(H,22,32)(H,23,33)/t7-,14-,15+,16+/m0/s1. The number of nitrogens with one attached hydrogen (secondary N) is 2. The summed E-state index contributed by atoms with van der Waals surface area (Å²) in [7, 11) is 1.40. The van der Waals surface area contributed by atoms with E-state index in [0.717, 1.165) is 0 Å². The van der Waals surface area contributed by atoms with Gasteiger partial charge in [-0.05, 0) is 67.8 Å². The Balaban J connectivity index is 3.60. The summed E-state index contributed by atoms with van der Waals surface area (Å²) < 4.78 is 0.955. The lowest BCUT2D eigenvalue weighted by atomic mass is 10.0. The number of carbonyl (C=O) groups is 3. The molecular weight excluding hydrogens is 783 g/mol. The third-order valence-corrected chi connectivity index (χ3v) is 7.67. The van der Waals surface area contributed by atoms with Gasteiger partial charge in [0.2, 0.25) is 5.91 Å². The normalized spacial score (nSPS) is 14.8. The fourth-order valence-electron chi connectivity index (χ4n) is 2.72. The van der Waals surface area contributed by atoms with Gasteiger partial charge < -0.3 is 46.2 Å². The van der Waals surface area contributed by atoms with Crippen LogP contribution in [0.5, 0.6) is 0 Å². The molecule has 3 amide bonds. The van der Waals surface area contributed by atoms with Crippen LogP contribution in [0.2, 0.25) is 0 Å². The van der Waals surface area contributed by atoms with E-state index in [9.17, 15) is 39.9 Å². The molecule has 15 heteroatoms. The largest absolute Gasteiger partial charge is 0.395 e. The van der Waals surface area contributed by atoms with Gasteiger partial charge in [0, 0.05) is 20.5 Å². The van der Waals surface area contributed by atoms with Crippen molar-refractivity contribution in [1.82, 2.24) is 5.32 Å². The zero-order valence-corrected chi connectivity index (χ0v) is 23.9. The number of carbonyl (C=O) groups excluding carboxylic acids is 3. The number of halogens is 3. The minimum absolute atomic E-state index is 0.0443. The van der Waals surface area contributed by atoms with Crippen molar-refractivity contribution in [3.8, 4) is 0 Å². The Bertz CT molecular complexity index is 903. The van der Waals surface area contributed by atoms with Crippen molar-refractivity contribution in [3.63, 3.8) is 0 Å². The van der Waals surface area contributed by atoms with Crippen LogP contribution in [0.4, 0.5) is 11.4 Å². The maximum Gasteiger partial charge on any atom is 0.256 e. The lowest BCUT2D eigenvalue weighted by molar-refractivity contribution is -0.144. The average Bonchev–Trinajstić information content (AvgIpc) is 2.78. The summed E-state index contributed by atoms with van der Waals surface area (Å²) in [6.07, 6.45) is -8.15. The molecule has 0 unspecified atom stereocenters. The fraction of sp³-hybridized carbons (Fsp3) is 0.500. The van der Waals surface area contributed by atoms with Crippen LogP contribution in [0.25, 0.3) is 0 Å². The highest BCUT2D eigenvalue weighted by atomic mass is 127. The molecule has 186 valence electrons. The summed E-state index contributed by atoms with van der Waals surface area (Å²) in [6, 6.07) is 0. The number of hydrogen-bond acceptors (Lipinski definition) is 9. The predicted molar refractivity (Wildman–Crippen MR) is 143 cm³/mol. The second-order valence-electron chi connectivity index (χ2n) is 6.68. The molecule has 0 fully saturated rings. The number of nitrogens with zero attached hydrogens (tertiary/aromatic N) is 1. The van der Waals surface area contributed by atoms with Crippen molar-refractivity contribution in [2.45, 2.75) is 31.3 Å². The van der Waals surface area contributed by atoms with Crippen molar-refractivity contribution in [3.05, 3.63) is 16.3 Å². The van der Waals surface area contributed by atoms with Gasteiger partial charge in [-0.3, -0.25) is 14.4 Å².